The van der Waals surface area contributed by atoms with Gasteiger partial charge in [-0.2, -0.15) is 0 Å². The van der Waals surface area contributed by atoms with Crippen LogP contribution >= 0.6 is 11.6 Å². The predicted molar refractivity (Wildman–Crippen MR) is 166 cm³/mol. The third kappa shape index (κ3) is 10.3. The van der Waals surface area contributed by atoms with Gasteiger partial charge in [-0.05, 0) is 61.3 Å². The normalized spacial score (nSPS) is 12.0. The summed E-state index contributed by atoms with van der Waals surface area (Å²) in [5.41, 5.74) is 4.25. The largest absolute Gasteiger partial charge is 0.494 e. The van der Waals surface area contributed by atoms with Crippen LogP contribution in [-0.4, -0.2) is 31.1 Å². The van der Waals surface area contributed by atoms with Crippen LogP contribution in [0.4, 0.5) is 0 Å². The molecule has 38 heavy (non-hydrogen) atoms. The zero-order chi connectivity index (χ0) is 26.8. The van der Waals surface area contributed by atoms with Gasteiger partial charge in [0.05, 0.1) is 11.6 Å². The fourth-order valence-corrected chi connectivity index (χ4v) is 5.22. The molecule has 0 unspecified atom stereocenters. The van der Waals surface area contributed by atoms with E-state index in [2.05, 4.69) is 79.4 Å². The highest BCUT2D eigenvalue weighted by Gasteiger charge is 2.12. The maximum atomic E-state index is 6.94. The Morgan fingerprint density at radius 3 is 1.61 bits per heavy atom. The van der Waals surface area contributed by atoms with Crippen molar-refractivity contribution in [2.24, 2.45) is 0 Å². The standard InChI is InChI=1S/C35H46ClNO/c1-3-37(4-2)28-18-10-8-6-5-7-9-11-19-29-38-33-26-24-31(25-27-33)34(30-20-14-12-15-21-30)35(36)32-22-16-13-17-23-32/h12-17,20-27H,3-11,18-19,28-29H2,1-2H3. The van der Waals surface area contributed by atoms with E-state index in [9.17, 15) is 0 Å². The Morgan fingerprint density at radius 2 is 1.05 bits per heavy atom. The number of halogens is 1. The highest BCUT2D eigenvalue weighted by atomic mass is 35.5. The molecule has 0 aliphatic heterocycles. The highest BCUT2D eigenvalue weighted by Crippen LogP contribution is 2.35. The van der Waals surface area contributed by atoms with Gasteiger partial charge in [0.25, 0.3) is 0 Å². The van der Waals surface area contributed by atoms with Gasteiger partial charge < -0.3 is 9.64 Å². The van der Waals surface area contributed by atoms with Gasteiger partial charge in [0.15, 0.2) is 0 Å². The molecule has 0 aliphatic rings. The first-order chi connectivity index (χ1) is 18.7. The molecule has 0 saturated carbocycles. The Morgan fingerprint density at radius 1 is 0.579 bits per heavy atom. The number of hydrogen-bond acceptors (Lipinski definition) is 2. The second-order valence-electron chi connectivity index (χ2n) is 10.0. The van der Waals surface area contributed by atoms with Crippen molar-refractivity contribution < 1.29 is 4.74 Å². The molecule has 0 heterocycles. The van der Waals surface area contributed by atoms with Crippen molar-refractivity contribution in [2.75, 3.05) is 26.2 Å². The van der Waals surface area contributed by atoms with E-state index in [0.717, 1.165) is 46.1 Å². The molecule has 3 heteroatoms. The van der Waals surface area contributed by atoms with Crippen molar-refractivity contribution in [1.29, 1.82) is 0 Å². The Balaban J connectivity index is 1.38. The molecule has 3 aromatic carbocycles. The van der Waals surface area contributed by atoms with E-state index >= 15 is 0 Å². The van der Waals surface area contributed by atoms with E-state index in [1.165, 1.54) is 71.0 Å². The molecule has 0 saturated heterocycles. The van der Waals surface area contributed by atoms with Gasteiger partial charge in [0, 0.05) is 5.57 Å². The minimum atomic E-state index is 0.755. The molecule has 0 aromatic heterocycles. The molecule has 2 nitrogen and oxygen atoms in total. The van der Waals surface area contributed by atoms with Crippen molar-refractivity contribution in [2.45, 2.75) is 71.6 Å². The van der Waals surface area contributed by atoms with Crippen molar-refractivity contribution >= 4 is 22.2 Å². The number of rotatable bonds is 18. The molecule has 0 fully saturated rings. The molecule has 0 atom stereocenters. The molecule has 0 spiro atoms. The van der Waals surface area contributed by atoms with Crippen LogP contribution in [0, 0.1) is 0 Å². The Hall–Kier alpha value is -2.55. The first-order valence-electron chi connectivity index (χ1n) is 14.7. The van der Waals surface area contributed by atoms with E-state index in [4.69, 9.17) is 16.3 Å². The Kier molecular flexibility index (Phi) is 14.1. The quantitative estimate of drug-likeness (QED) is 0.119. The lowest BCUT2D eigenvalue weighted by Crippen LogP contribution is -2.23. The van der Waals surface area contributed by atoms with Crippen LogP contribution in [0.5, 0.6) is 5.75 Å². The molecular formula is C35H46ClNO. The van der Waals surface area contributed by atoms with Crippen LogP contribution in [0.2, 0.25) is 0 Å². The van der Waals surface area contributed by atoms with Crippen molar-refractivity contribution in [3.63, 3.8) is 0 Å². The average molecular weight is 532 g/mol. The second kappa shape index (κ2) is 17.9. The monoisotopic (exact) mass is 531 g/mol. The highest BCUT2D eigenvalue weighted by molar-refractivity contribution is 6.53. The van der Waals surface area contributed by atoms with Gasteiger partial charge in [-0.15, -0.1) is 0 Å². The molecule has 3 rings (SSSR count). The van der Waals surface area contributed by atoms with E-state index < -0.39 is 0 Å². The number of nitrogens with zero attached hydrogens (tertiary/aromatic N) is 1. The van der Waals surface area contributed by atoms with Gasteiger partial charge in [0.1, 0.15) is 5.75 Å². The maximum absolute atomic E-state index is 6.94. The van der Waals surface area contributed by atoms with Gasteiger partial charge in [-0.3, -0.25) is 0 Å². The van der Waals surface area contributed by atoms with Crippen LogP contribution in [0.25, 0.3) is 10.6 Å². The van der Waals surface area contributed by atoms with Crippen LogP contribution in [0.1, 0.15) is 88.3 Å². The summed E-state index contributed by atoms with van der Waals surface area (Å²) >= 11 is 6.94. The third-order valence-electron chi connectivity index (χ3n) is 7.23. The first-order valence-corrected chi connectivity index (χ1v) is 15.1. The lowest BCUT2D eigenvalue weighted by molar-refractivity contribution is 0.295. The lowest BCUT2D eigenvalue weighted by Gasteiger charge is -2.17. The Labute approximate surface area is 236 Å². The van der Waals surface area contributed by atoms with Gasteiger partial charge >= 0.3 is 0 Å². The zero-order valence-electron chi connectivity index (χ0n) is 23.5. The predicted octanol–water partition coefficient (Wildman–Crippen LogP) is 10.1. The summed E-state index contributed by atoms with van der Waals surface area (Å²) in [4.78, 5) is 2.52. The second-order valence-corrected chi connectivity index (χ2v) is 10.4. The molecule has 204 valence electrons. The number of unbranched alkanes of at least 4 members (excludes halogenated alkanes) is 8. The third-order valence-corrected chi connectivity index (χ3v) is 7.64. The van der Waals surface area contributed by atoms with E-state index in [-0.39, 0.29) is 0 Å². The fraction of sp³-hybridized carbons (Fsp3) is 0.429. The van der Waals surface area contributed by atoms with Gasteiger partial charge in [-0.1, -0.05) is 143 Å². The molecule has 0 amide bonds. The Bertz CT molecular complexity index is 1040. The van der Waals surface area contributed by atoms with Crippen LogP contribution < -0.4 is 4.74 Å². The summed E-state index contributed by atoms with van der Waals surface area (Å²) in [7, 11) is 0. The van der Waals surface area contributed by atoms with E-state index in [1.54, 1.807) is 0 Å². The molecule has 0 aliphatic carbocycles. The van der Waals surface area contributed by atoms with Crippen LogP contribution in [0.15, 0.2) is 84.9 Å². The van der Waals surface area contributed by atoms with E-state index in [1.807, 2.05) is 24.3 Å². The molecular weight excluding hydrogens is 486 g/mol. The van der Waals surface area contributed by atoms with Crippen LogP contribution in [-0.2, 0) is 0 Å². The minimum absolute atomic E-state index is 0.755. The van der Waals surface area contributed by atoms with Crippen molar-refractivity contribution in [3.05, 3.63) is 102 Å². The smallest absolute Gasteiger partial charge is 0.119 e. The zero-order valence-corrected chi connectivity index (χ0v) is 24.3. The molecule has 3 aromatic rings. The molecule has 0 N–H and O–H groups in total. The van der Waals surface area contributed by atoms with Gasteiger partial charge in [-0.25, -0.2) is 0 Å². The first kappa shape index (κ1) is 30.0. The van der Waals surface area contributed by atoms with E-state index in [0.29, 0.717) is 0 Å². The summed E-state index contributed by atoms with van der Waals surface area (Å²) in [6.45, 7) is 8.92. The number of ether oxygens (including phenoxy) is 1. The van der Waals surface area contributed by atoms with Gasteiger partial charge in [0.2, 0.25) is 0 Å². The fourth-order valence-electron chi connectivity index (χ4n) is 4.88. The maximum Gasteiger partial charge on any atom is 0.119 e. The van der Waals surface area contributed by atoms with Crippen molar-refractivity contribution in [1.82, 2.24) is 4.90 Å². The van der Waals surface area contributed by atoms with Crippen LogP contribution in [0.3, 0.4) is 0 Å². The minimum Gasteiger partial charge on any atom is -0.494 e. The summed E-state index contributed by atoms with van der Waals surface area (Å²) in [6, 6.07) is 28.9. The summed E-state index contributed by atoms with van der Waals surface area (Å²) < 4.78 is 6.05. The molecule has 0 bridgehead atoms. The summed E-state index contributed by atoms with van der Waals surface area (Å²) in [6.07, 6.45) is 11.9. The average Bonchev–Trinajstić information content (AvgIpc) is 2.97. The topological polar surface area (TPSA) is 12.5 Å². The van der Waals surface area contributed by atoms with Crippen molar-refractivity contribution in [3.8, 4) is 5.75 Å². The number of hydrogen-bond donors (Lipinski definition) is 0. The SMILES string of the molecule is CCN(CC)CCCCCCCCCCCOc1ccc(C(=C(Cl)c2ccccc2)c2ccccc2)cc1. The lowest BCUT2D eigenvalue weighted by atomic mass is 9.95. The summed E-state index contributed by atoms with van der Waals surface area (Å²) in [5, 5.41) is 0.755. The number of benzene rings is 3. The summed E-state index contributed by atoms with van der Waals surface area (Å²) in [5.74, 6) is 0.918. The molecule has 0 radical (unpaired) electrons.